The van der Waals surface area contributed by atoms with Gasteiger partial charge in [-0.15, -0.1) is 0 Å². The van der Waals surface area contributed by atoms with Gasteiger partial charge in [-0.25, -0.2) is 0 Å². The van der Waals surface area contributed by atoms with Crippen LogP contribution in [0.25, 0.3) is 0 Å². The summed E-state index contributed by atoms with van der Waals surface area (Å²) in [5, 5.41) is 11.0. The molecule has 1 aliphatic rings. The summed E-state index contributed by atoms with van der Waals surface area (Å²) < 4.78 is 0. The Labute approximate surface area is 98.6 Å². The highest BCUT2D eigenvalue weighted by Crippen LogP contribution is 2.16. The van der Waals surface area contributed by atoms with Crippen molar-refractivity contribution >= 4 is 17.5 Å². The Morgan fingerprint density at radius 2 is 2.00 bits per heavy atom. The van der Waals surface area contributed by atoms with Gasteiger partial charge < -0.3 is 10.2 Å². The molecule has 17 heavy (non-hydrogen) atoms. The lowest BCUT2D eigenvalue weighted by Gasteiger charge is -2.26. The predicted molar refractivity (Wildman–Crippen MR) is 61.1 cm³/mol. The summed E-state index contributed by atoms with van der Waals surface area (Å²) in [6, 6.07) is 9.14. The van der Waals surface area contributed by atoms with Crippen molar-refractivity contribution in [2.45, 2.75) is 6.42 Å². The Morgan fingerprint density at radius 3 is 2.65 bits per heavy atom. The van der Waals surface area contributed by atoms with Crippen molar-refractivity contribution in [3.05, 3.63) is 29.8 Å². The van der Waals surface area contributed by atoms with Gasteiger partial charge in [-0.05, 0) is 17.7 Å². The van der Waals surface area contributed by atoms with Crippen LogP contribution in [0.15, 0.2) is 24.3 Å². The van der Waals surface area contributed by atoms with Gasteiger partial charge in [0.25, 0.3) is 0 Å². The molecule has 0 spiro atoms. The summed E-state index contributed by atoms with van der Waals surface area (Å²) in [6.07, 6.45) is 0.342. The van der Waals surface area contributed by atoms with Crippen LogP contribution in [0.1, 0.15) is 5.56 Å². The standard InChI is InChI=1S/C12H11N3O2/c13-6-5-9-1-3-10(4-2-9)15-8-7-14-11(16)12(15)17/h1-4H,5,7-8H2,(H,14,16). The summed E-state index contributed by atoms with van der Waals surface area (Å²) in [4.78, 5) is 24.2. The number of amides is 2. The lowest BCUT2D eigenvalue weighted by molar-refractivity contribution is -0.138. The molecule has 1 aromatic carbocycles. The first-order chi connectivity index (χ1) is 8.22. The van der Waals surface area contributed by atoms with Gasteiger partial charge in [0.2, 0.25) is 0 Å². The molecule has 1 N–H and O–H groups in total. The lowest BCUT2D eigenvalue weighted by atomic mass is 10.1. The molecule has 5 heteroatoms. The molecule has 0 radical (unpaired) electrons. The second-order valence-electron chi connectivity index (χ2n) is 3.71. The number of nitrogens with one attached hydrogen (secondary N) is 1. The summed E-state index contributed by atoms with van der Waals surface area (Å²) in [5.74, 6) is -1.11. The van der Waals surface area contributed by atoms with Crippen molar-refractivity contribution < 1.29 is 9.59 Å². The Bertz CT molecular complexity index is 487. The molecular weight excluding hydrogens is 218 g/mol. The zero-order valence-corrected chi connectivity index (χ0v) is 9.14. The number of nitriles is 1. The maximum Gasteiger partial charge on any atom is 0.316 e. The number of carbonyl (C=O) groups excluding carboxylic acids is 2. The molecule has 0 bridgehead atoms. The van der Waals surface area contributed by atoms with E-state index >= 15 is 0 Å². The molecule has 0 aliphatic carbocycles. The normalized spacial score (nSPS) is 15.4. The summed E-state index contributed by atoms with van der Waals surface area (Å²) in [5.41, 5.74) is 1.58. The van der Waals surface area contributed by atoms with Crippen LogP contribution in [0.5, 0.6) is 0 Å². The minimum absolute atomic E-state index is 0.342. The molecular formula is C12H11N3O2. The smallest absolute Gasteiger partial charge is 0.316 e. The Morgan fingerprint density at radius 1 is 1.29 bits per heavy atom. The molecule has 1 aliphatic heterocycles. The van der Waals surface area contributed by atoms with E-state index in [9.17, 15) is 9.59 Å². The molecule has 1 heterocycles. The van der Waals surface area contributed by atoms with Crippen LogP contribution in [0, 0.1) is 11.3 Å². The zero-order chi connectivity index (χ0) is 12.3. The van der Waals surface area contributed by atoms with E-state index in [0.29, 0.717) is 25.2 Å². The highest BCUT2D eigenvalue weighted by atomic mass is 16.2. The Hall–Kier alpha value is -2.35. The van der Waals surface area contributed by atoms with Gasteiger partial charge in [-0.3, -0.25) is 9.59 Å². The van der Waals surface area contributed by atoms with Gasteiger partial charge in [-0.1, -0.05) is 12.1 Å². The monoisotopic (exact) mass is 229 g/mol. The summed E-state index contributed by atoms with van der Waals surface area (Å²) in [7, 11) is 0. The quantitative estimate of drug-likeness (QED) is 0.737. The molecule has 1 fully saturated rings. The van der Waals surface area contributed by atoms with Crippen LogP contribution in [-0.2, 0) is 16.0 Å². The second kappa shape index (κ2) is 4.66. The van der Waals surface area contributed by atoms with E-state index in [1.807, 2.05) is 0 Å². The van der Waals surface area contributed by atoms with Gasteiger partial charge >= 0.3 is 11.8 Å². The lowest BCUT2D eigenvalue weighted by Crippen LogP contribution is -2.52. The third-order valence-electron chi connectivity index (χ3n) is 2.59. The van der Waals surface area contributed by atoms with Crippen molar-refractivity contribution in [3.63, 3.8) is 0 Å². The topological polar surface area (TPSA) is 73.2 Å². The minimum Gasteiger partial charge on any atom is -0.346 e. The summed E-state index contributed by atoms with van der Waals surface area (Å²) >= 11 is 0. The number of hydrogen-bond acceptors (Lipinski definition) is 3. The van der Waals surface area contributed by atoms with Crippen LogP contribution in [0.4, 0.5) is 5.69 Å². The van der Waals surface area contributed by atoms with Gasteiger partial charge in [0, 0.05) is 18.8 Å². The van der Waals surface area contributed by atoms with E-state index < -0.39 is 11.8 Å². The van der Waals surface area contributed by atoms with E-state index in [2.05, 4.69) is 11.4 Å². The zero-order valence-electron chi connectivity index (χ0n) is 9.14. The van der Waals surface area contributed by atoms with Crippen molar-refractivity contribution in [3.8, 4) is 6.07 Å². The van der Waals surface area contributed by atoms with Crippen molar-refractivity contribution in [2.24, 2.45) is 0 Å². The fourth-order valence-electron chi connectivity index (χ4n) is 1.71. The first-order valence-corrected chi connectivity index (χ1v) is 5.28. The van der Waals surface area contributed by atoms with Gasteiger partial charge in [0.15, 0.2) is 0 Å². The fourth-order valence-corrected chi connectivity index (χ4v) is 1.71. The van der Waals surface area contributed by atoms with E-state index in [4.69, 9.17) is 5.26 Å². The van der Waals surface area contributed by atoms with Crippen molar-refractivity contribution in [1.29, 1.82) is 5.26 Å². The highest BCUT2D eigenvalue weighted by molar-refractivity contribution is 6.41. The van der Waals surface area contributed by atoms with E-state index in [1.54, 1.807) is 24.3 Å². The van der Waals surface area contributed by atoms with Crippen LogP contribution < -0.4 is 10.2 Å². The molecule has 2 amide bonds. The second-order valence-corrected chi connectivity index (χ2v) is 3.71. The molecule has 1 saturated heterocycles. The molecule has 0 unspecified atom stereocenters. The first kappa shape index (κ1) is 11.1. The Kier molecular flexibility index (Phi) is 3.06. The van der Waals surface area contributed by atoms with Crippen LogP contribution in [0.3, 0.4) is 0 Å². The fraction of sp³-hybridized carbons (Fsp3) is 0.250. The van der Waals surface area contributed by atoms with Crippen molar-refractivity contribution in [2.75, 3.05) is 18.0 Å². The molecule has 1 aromatic rings. The Balaban J connectivity index is 2.19. The highest BCUT2D eigenvalue weighted by Gasteiger charge is 2.26. The number of rotatable bonds is 2. The predicted octanol–water partition coefficient (Wildman–Crippen LogP) is 0.215. The van der Waals surface area contributed by atoms with E-state index in [0.717, 1.165) is 5.56 Å². The van der Waals surface area contributed by atoms with Gasteiger partial charge in [0.1, 0.15) is 0 Å². The number of nitrogens with zero attached hydrogens (tertiary/aromatic N) is 2. The van der Waals surface area contributed by atoms with Crippen LogP contribution >= 0.6 is 0 Å². The van der Waals surface area contributed by atoms with Crippen LogP contribution in [-0.4, -0.2) is 24.9 Å². The number of carbonyl (C=O) groups is 2. The third-order valence-corrected chi connectivity index (χ3v) is 2.59. The first-order valence-electron chi connectivity index (χ1n) is 5.28. The number of anilines is 1. The summed E-state index contributed by atoms with van der Waals surface area (Å²) in [6.45, 7) is 0.937. The van der Waals surface area contributed by atoms with E-state index in [-0.39, 0.29) is 0 Å². The molecule has 2 rings (SSSR count). The molecule has 0 saturated carbocycles. The maximum atomic E-state index is 11.6. The van der Waals surface area contributed by atoms with E-state index in [1.165, 1.54) is 4.90 Å². The third kappa shape index (κ3) is 2.26. The maximum absolute atomic E-state index is 11.6. The molecule has 0 atom stereocenters. The molecule has 86 valence electrons. The average Bonchev–Trinajstić information content (AvgIpc) is 2.34. The number of piperazine rings is 1. The molecule has 5 nitrogen and oxygen atoms in total. The number of hydrogen-bond donors (Lipinski definition) is 1. The number of benzene rings is 1. The largest absolute Gasteiger partial charge is 0.346 e. The average molecular weight is 229 g/mol. The van der Waals surface area contributed by atoms with Crippen LogP contribution in [0.2, 0.25) is 0 Å². The minimum atomic E-state index is -0.572. The molecule has 0 aromatic heterocycles. The van der Waals surface area contributed by atoms with Crippen molar-refractivity contribution in [1.82, 2.24) is 5.32 Å². The van der Waals surface area contributed by atoms with Gasteiger partial charge in [0.05, 0.1) is 12.5 Å². The van der Waals surface area contributed by atoms with Gasteiger partial charge in [-0.2, -0.15) is 5.26 Å². The SMILES string of the molecule is N#CCc1ccc(N2CCNC(=O)C2=O)cc1.